The minimum Gasteiger partial charge on any atom is -0.480 e. The quantitative estimate of drug-likeness (QED) is 0.866. The Bertz CT molecular complexity index is 609. The molecule has 0 radical (unpaired) electrons. The molecule has 2 rings (SSSR count). The summed E-state index contributed by atoms with van der Waals surface area (Å²) >= 11 is 1.70. The number of hydrogen-bond acceptors (Lipinski definition) is 5. The maximum atomic E-state index is 11.8. The van der Waals surface area contributed by atoms with Crippen LogP contribution in [-0.2, 0) is 21.5 Å². The Hall–Kier alpha value is -1.47. The van der Waals surface area contributed by atoms with Gasteiger partial charge in [-0.25, -0.2) is 4.98 Å². The number of carboxylic acid groups (broad SMARTS) is 1. The maximum Gasteiger partial charge on any atom is 0.323 e. The lowest BCUT2D eigenvalue weighted by molar-refractivity contribution is -0.145. The molecule has 1 saturated heterocycles. The smallest absolute Gasteiger partial charge is 0.323 e. The van der Waals surface area contributed by atoms with Crippen molar-refractivity contribution in [2.24, 2.45) is 0 Å². The second-order valence-electron chi connectivity index (χ2n) is 7.78. The summed E-state index contributed by atoms with van der Waals surface area (Å²) in [6, 6.07) is 0.0139. The van der Waals surface area contributed by atoms with E-state index in [-0.39, 0.29) is 23.9 Å². The van der Waals surface area contributed by atoms with Gasteiger partial charge < -0.3 is 10.0 Å². The summed E-state index contributed by atoms with van der Waals surface area (Å²) < 4.78 is 0. The van der Waals surface area contributed by atoms with Gasteiger partial charge in [0.25, 0.3) is 0 Å². The van der Waals surface area contributed by atoms with Crippen molar-refractivity contribution in [2.75, 3.05) is 19.6 Å². The van der Waals surface area contributed by atoms with Crippen LogP contribution >= 0.6 is 11.3 Å². The molecule has 1 aliphatic heterocycles. The molecule has 0 saturated carbocycles. The molecule has 25 heavy (non-hydrogen) atoms. The lowest BCUT2D eigenvalue weighted by Crippen LogP contribution is -2.42. The molecular weight excluding hydrogens is 338 g/mol. The molecule has 1 N–H and O–H groups in total. The standard InChI is InChI=1S/C18H29N3O3S/c1-13(22)21(11-17(23)24)14-6-5-8-20(9-7-14)10-16-19-15(12-25-16)18(2,3)4/h12,14H,5-11H2,1-4H3,(H,23,24)/t14-/m1/s1. The van der Waals surface area contributed by atoms with Crippen LogP contribution in [0.4, 0.5) is 0 Å². The molecule has 6 nitrogen and oxygen atoms in total. The Morgan fingerprint density at radius 3 is 2.64 bits per heavy atom. The van der Waals surface area contributed by atoms with Gasteiger partial charge in [0.2, 0.25) is 5.91 Å². The number of aromatic nitrogens is 1. The number of hydrogen-bond donors (Lipinski definition) is 1. The lowest BCUT2D eigenvalue weighted by Gasteiger charge is -2.28. The highest BCUT2D eigenvalue weighted by Gasteiger charge is 2.26. The number of likely N-dealkylation sites (tertiary alicyclic amines) is 1. The molecule has 1 aromatic heterocycles. The molecule has 7 heteroatoms. The van der Waals surface area contributed by atoms with E-state index in [9.17, 15) is 9.59 Å². The fraction of sp³-hybridized carbons (Fsp3) is 0.722. The van der Waals surface area contributed by atoms with E-state index in [1.165, 1.54) is 11.8 Å². The van der Waals surface area contributed by atoms with Crippen LogP contribution in [0.2, 0.25) is 0 Å². The normalized spacial score (nSPS) is 19.4. The van der Waals surface area contributed by atoms with Gasteiger partial charge in [-0.3, -0.25) is 14.5 Å². The predicted octanol–water partition coefficient (Wildman–Crippen LogP) is 2.73. The van der Waals surface area contributed by atoms with Crippen LogP contribution in [0.15, 0.2) is 5.38 Å². The number of thiazole rings is 1. The number of rotatable bonds is 5. The van der Waals surface area contributed by atoms with Gasteiger partial charge in [0.15, 0.2) is 0 Å². The molecule has 1 aromatic rings. The molecule has 0 aromatic carbocycles. The molecule has 140 valence electrons. The Balaban J connectivity index is 1.95. The first-order valence-corrected chi connectivity index (χ1v) is 9.71. The molecular formula is C18H29N3O3S. The SMILES string of the molecule is CC(=O)N(CC(=O)O)[C@@H]1CCCN(Cc2nc(C(C)(C)C)cs2)CC1. The van der Waals surface area contributed by atoms with Gasteiger partial charge in [-0.1, -0.05) is 20.8 Å². The van der Waals surface area contributed by atoms with Crippen molar-refractivity contribution in [3.63, 3.8) is 0 Å². The Morgan fingerprint density at radius 1 is 1.36 bits per heavy atom. The molecule has 0 bridgehead atoms. The van der Waals surface area contributed by atoms with Crippen molar-refractivity contribution in [1.29, 1.82) is 0 Å². The average Bonchev–Trinajstić information content (AvgIpc) is 2.85. The fourth-order valence-electron chi connectivity index (χ4n) is 3.17. The van der Waals surface area contributed by atoms with Gasteiger partial charge in [0, 0.05) is 30.3 Å². The second-order valence-corrected chi connectivity index (χ2v) is 8.72. The maximum absolute atomic E-state index is 11.8. The number of carbonyl (C=O) groups excluding carboxylic acids is 1. The number of amides is 1. The van der Waals surface area contributed by atoms with Gasteiger partial charge in [0.1, 0.15) is 11.6 Å². The van der Waals surface area contributed by atoms with E-state index >= 15 is 0 Å². The van der Waals surface area contributed by atoms with E-state index in [0.29, 0.717) is 0 Å². The number of nitrogens with zero attached hydrogens (tertiary/aromatic N) is 3. The summed E-state index contributed by atoms with van der Waals surface area (Å²) in [5.74, 6) is -1.11. The highest BCUT2D eigenvalue weighted by molar-refractivity contribution is 7.09. The molecule has 1 amide bonds. The van der Waals surface area contributed by atoms with Gasteiger partial charge >= 0.3 is 5.97 Å². The Kier molecular flexibility index (Phi) is 6.57. The zero-order valence-electron chi connectivity index (χ0n) is 15.6. The summed E-state index contributed by atoms with van der Waals surface area (Å²) in [4.78, 5) is 31.5. The average molecular weight is 368 g/mol. The van der Waals surface area contributed by atoms with Gasteiger partial charge in [-0.15, -0.1) is 11.3 Å². The number of carbonyl (C=O) groups is 2. The van der Waals surface area contributed by atoms with Crippen molar-refractivity contribution in [1.82, 2.24) is 14.8 Å². The minimum atomic E-state index is -0.950. The zero-order valence-corrected chi connectivity index (χ0v) is 16.4. The summed E-state index contributed by atoms with van der Waals surface area (Å²) in [6.07, 6.45) is 2.63. The van der Waals surface area contributed by atoms with Crippen molar-refractivity contribution in [3.8, 4) is 0 Å². The van der Waals surface area contributed by atoms with E-state index in [1.54, 1.807) is 11.3 Å². The predicted molar refractivity (Wildman–Crippen MR) is 98.8 cm³/mol. The van der Waals surface area contributed by atoms with Crippen LogP contribution < -0.4 is 0 Å². The molecule has 0 unspecified atom stereocenters. The van der Waals surface area contributed by atoms with E-state index in [1.807, 2.05) is 0 Å². The summed E-state index contributed by atoms with van der Waals surface area (Å²) in [5, 5.41) is 12.3. The molecule has 1 fully saturated rings. The van der Waals surface area contributed by atoms with Gasteiger partial charge in [-0.05, 0) is 25.8 Å². The fourth-order valence-corrected chi connectivity index (χ4v) is 4.23. The second kappa shape index (κ2) is 8.27. The van der Waals surface area contributed by atoms with E-state index < -0.39 is 5.97 Å². The monoisotopic (exact) mass is 367 g/mol. The minimum absolute atomic E-state index is 0.0139. The zero-order chi connectivity index (χ0) is 18.6. The van der Waals surface area contributed by atoms with Crippen molar-refractivity contribution in [2.45, 2.75) is 65.0 Å². The van der Waals surface area contributed by atoms with Crippen molar-refractivity contribution >= 4 is 23.2 Å². The van der Waals surface area contributed by atoms with Crippen LogP contribution in [0, 0.1) is 0 Å². The topological polar surface area (TPSA) is 73.7 Å². The highest BCUT2D eigenvalue weighted by Crippen LogP contribution is 2.25. The largest absolute Gasteiger partial charge is 0.480 e. The Morgan fingerprint density at radius 2 is 2.08 bits per heavy atom. The first-order chi connectivity index (χ1) is 11.7. The molecule has 0 spiro atoms. The third kappa shape index (κ3) is 5.78. The van der Waals surface area contributed by atoms with Crippen LogP contribution in [0.25, 0.3) is 0 Å². The van der Waals surface area contributed by atoms with Crippen LogP contribution in [0.1, 0.15) is 57.7 Å². The molecule has 2 heterocycles. The van der Waals surface area contributed by atoms with Crippen LogP contribution in [-0.4, -0.2) is 57.4 Å². The molecule has 0 aliphatic carbocycles. The van der Waals surface area contributed by atoms with Gasteiger partial charge in [-0.2, -0.15) is 0 Å². The van der Waals surface area contributed by atoms with E-state index in [0.717, 1.165) is 49.6 Å². The first-order valence-electron chi connectivity index (χ1n) is 8.83. The molecule has 1 aliphatic rings. The van der Waals surface area contributed by atoms with Crippen molar-refractivity contribution < 1.29 is 14.7 Å². The number of aliphatic carboxylic acids is 1. The Labute approximate surface area is 153 Å². The summed E-state index contributed by atoms with van der Waals surface area (Å²) in [7, 11) is 0. The summed E-state index contributed by atoms with van der Waals surface area (Å²) in [5.41, 5.74) is 1.20. The first kappa shape index (κ1) is 19.8. The van der Waals surface area contributed by atoms with Gasteiger partial charge in [0.05, 0.1) is 12.2 Å². The third-order valence-corrected chi connectivity index (χ3v) is 5.45. The number of carboxylic acids is 1. The van der Waals surface area contributed by atoms with Crippen molar-refractivity contribution in [3.05, 3.63) is 16.1 Å². The summed E-state index contributed by atoms with van der Waals surface area (Å²) in [6.45, 7) is 10.4. The van der Waals surface area contributed by atoms with E-state index in [4.69, 9.17) is 10.1 Å². The van der Waals surface area contributed by atoms with E-state index in [2.05, 4.69) is 31.1 Å². The van der Waals surface area contributed by atoms with Crippen LogP contribution in [0.5, 0.6) is 0 Å². The highest BCUT2D eigenvalue weighted by atomic mass is 32.1. The third-order valence-electron chi connectivity index (χ3n) is 4.62. The lowest BCUT2D eigenvalue weighted by atomic mass is 9.93. The molecule has 1 atom stereocenters. The van der Waals surface area contributed by atoms with Crippen LogP contribution in [0.3, 0.4) is 0 Å².